The maximum absolute atomic E-state index is 12.5. The number of aryl methyl sites for hydroxylation is 3. The van der Waals surface area contributed by atoms with Crippen molar-refractivity contribution in [3.63, 3.8) is 0 Å². The predicted octanol–water partition coefficient (Wildman–Crippen LogP) is 2.80. The Hall–Kier alpha value is -2.95. The van der Waals surface area contributed by atoms with Crippen molar-refractivity contribution in [3.05, 3.63) is 69.6 Å². The summed E-state index contributed by atoms with van der Waals surface area (Å²) >= 11 is 0. The van der Waals surface area contributed by atoms with Gasteiger partial charge in [-0.25, -0.2) is 4.98 Å². The van der Waals surface area contributed by atoms with Gasteiger partial charge in [0.2, 0.25) is 0 Å². The number of fused-ring (bicyclic) bond motifs is 1. The predicted molar refractivity (Wildman–Crippen MR) is 90.9 cm³/mol. The molecule has 0 fully saturated rings. The normalized spacial score (nSPS) is 10.7. The number of rotatable bonds is 2. The van der Waals surface area contributed by atoms with E-state index in [2.05, 4.69) is 10.3 Å². The highest BCUT2D eigenvalue weighted by atomic mass is 16.2. The summed E-state index contributed by atoms with van der Waals surface area (Å²) in [6.45, 7) is 3.91. The van der Waals surface area contributed by atoms with Crippen LogP contribution in [0.4, 0.5) is 5.69 Å². The third-order valence-corrected chi connectivity index (χ3v) is 3.68. The first-order valence-corrected chi connectivity index (χ1v) is 7.31. The molecule has 1 N–H and O–H groups in total. The SMILES string of the molecule is Cc1cc(C)cc(NC(=O)c2nc3ccccc3n(C)c2=O)c1. The molecular weight excluding hydrogens is 290 g/mol. The lowest BCUT2D eigenvalue weighted by atomic mass is 10.1. The summed E-state index contributed by atoms with van der Waals surface area (Å²) in [6, 6.07) is 13.0. The fourth-order valence-corrected chi connectivity index (χ4v) is 2.66. The lowest BCUT2D eigenvalue weighted by Crippen LogP contribution is -2.29. The standard InChI is InChI=1S/C18H17N3O2/c1-11-8-12(2)10-13(9-11)19-17(22)16-18(23)21(3)15-7-5-4-6-14(15)20-16/h4-10H,1-3H3,(H,19,22). The Kier molecular flexibility index (Phi) is 3.70. The molecule has 1 aromatic heterocycles. The van der Waals surface area contributed by atoms with Gasteiger partial charge < -0.3 is 9.88 Å². The second-order valence-corrected chi connectivity index (χ2v) is 5.64. The molecule has 0 aliphatic heterocycles. The summed E-state index contributed by atoms with van der Waals surface area (Å²) in [5.74, 6) is -0.499. The molecule has 1 heterocycles. The maximum Gasteiger partial charge on any atom is 0.282 e. The molecule has 0 aliphatic rings. The van der Waals surface area contributed by atoms with E-state index >= 15 is 0 Å². The van der Waals surface area contributed by atoms with Gasteiger partial charge in [0.05, 0.1) is 11.0 Å². The van der Waals surface area contributed by atoms with Crippen molar-refractivity contribution in [2.75, 3.05) is 5.32 Å². The van der Waals surface area contributed by atoms with Gasteiger partial charge >= 0.3 is 0 Å². The summed E-state index contributed by atoms with van der Waals surface area (Å²) in [5, 5.41) is 2.76. The molecule has 116 valence electrons. The molecule has 23 heavy (non-hydrogen) atoms. The van der Waals surface area contributed by atoms with Crippen molar-refractivity contribution in [2.45, 2.75) is 13.8 Å². The minimum absolute atomic E-state index is 0.106. The monoisotopic (exact) mass is 307 g/mol. The quantitative estimate of drug-likeness (QED) is 0.792. The average molecular weight is 307 g/mol. The van der Waals surface area contributed by atoms with Crippen LogP contribution < -0.4 is 10.9 Å². The van der Waals surface area contributed by atoms with Crippen molar-refractivity contribution >= 4 is 22.6 Å². The van der Waals surface area contributed by atoms with Crippen molar-refractivity contribution in [1.29, 1.82) is 0 Å². The minimum Gasteiger partial charge on any atom is -0.320 e. The zero-order valence-electron chi connectivity index (χ0n) is 13.3. The van der Waals surface area contributed by atoms with Crippen molar-refractivity contribution in [2.24, 2.45) is 7.05 Å². The Morgan fingerprint density at radius 3 is 2.43 bits per heavy atom. The topological polar surface area (TPSA) is 64.0 Å². The molecule has 0 spiro atoms. The molecule has 3 aromatic rings. The van der Waals surface area contributed by atoms with Crippen LogP contribution >= 0.6 is 0 Å². The van der Waals surface area contributed by atoms with Gasteiger partial charge in [-0.05, 0) is 49.2 Å². The highest BCUT2D eigenvalue weighted by Gasteiger charge is 2.16. The van der Waals surface area contributed by atoms with E-state index in [4.69, 9.17) is 0 Å². The molecule has 0 saturated heterocycles. The number of aromatic nitrogens is 2. The molecule has 5 nitrogen and oxygen atoms in total. The zero-order chi connectivity index (χ0) is 16.6. The Bertz CT molecular complexity index is 953. The van der Waals surface area contributed by atoms with Crippen LogP contribution in [0.1, 0.15) is 21.6 Å². The van der Waals surface area contributed by atoms with E-state index in [9.17, 15) is 9.59 Å². The molecule has 0 radical (unpaired) electrons. The van der Waals surface area contributed by atoms with Gasteiger partial charge in [0.25, 0.3) is 11.5 Å². The number of hydrogen-bond acceptors (Lipinski definition) is 3. The van der Waals surface area contributed by atoms with Crippen LogP contribution in [-0.2, 0) is 7.05 Å². The molecule has 5 heteroatoms. The Morgan fingerprint density at radius 1 is 1.09 bits per heavy atom. The molecule has 0 aliphatic carbocycles. The number of amides is 1. The number of para-hydroxylation sites is 2. The molecule has 3 rings (SSSR count). The zero-order valence-corrected chi connectivity index (χ0v) is 13.3. The van der Waals surface area contributed by atoms with Crippen molar-refractivity contribution in [3.8, 4) is 0 Å². The Morgan fingerprint density at radius 2 is 1.74 bits per heavy atom. The molecule has 0 bridgehead atoms. The van der Waals surface area contributed by atoms with Gasteiger partial charge in [0.1, 0.15) is 0 Å². The third-order valence-electron chi connectivity index (χ3n) is 3.68. The summed E-state index contributed by atoms with van der Waals surface area (Å²) in [7, 11) is 1.64. The van der Waals surface area contributed by atoms with E-state index in [0.29, 0.717) is 16.7 Å². The number of anilines is 1. The number of hydrogen-bond donors (Lipinski definition) is 1. The number of benzene rings is 2. The molecule has 2 aromatic carbocycles. The van der Waals surface area contributed by atoms with Crippen LogP contribution in [0.5, 0.6) is 0 Å². The van der Waals surface area contributed by atoms with Gasteiger partial charge in [-0.15, -0.1) is 0 Å². The van der Waals surface area contributed by atoms with Crippen LogP contribution in [0.15, 0.2) is 47.3 Å². The van der Waals surface area contributed by atoms with E-state index in [1.165, 1.54) is 4.57 Å². The van der Waals surface area contributed by atoms with Gasteiger partial charge in [-0.2, -0.15) is 0 Å². The lowest BCUT2D eigenvalue weighted by Gasteiger charge is -2.09. The highest BCUT2D eigenvalue weighted by molar-refractivity contribution is 6.03. The first kappa shape index (κ1) is 15.0. The summed E-state index contributed by atoms with van der Waals surface area (Å²) in [6.07, 6.45) is 0. The van der Waals surface area contributed by atoms with E-state index in [0.717, 1.165) is 11.1 Å². The second-order valence-electron chi connectivity index (χ2n) is 5.64. The maximum atomic E-state index is 12.5. The van der Waals surface area contributed by atoms with Gasteiger partial charge in [-0.3, -0.25) is 9.59 Å². The van der Waals surface area contributed by atoms with Crippen LogP contribution in [-0.4, -0.2) is 15.5 Å². The Labute approximate surface area is 133 Å². The number of carbonyl (C=O) groups excluding carboxylic acids is 1. The fourth-order valence-electron chi connectivity index (χ4n) is 2.66. The van der Waals surface area contributed by atoms with Gasteiger partial charge in [0.15, 0.2) is 5.69 Å². The number of nitrogens with one attached hydrogen (secondary N) is 1. The lowest BCUT2D eigenvalue weighted by molar-refractivity contribution is 0.102. The van der Waals surface area contributed by atoms with Gasteiger partial charge in [0, 0.05) is 12.7 Å². The van der Waals surface area contributed by atoms with Crippen LogP contribution in [0, 0.1) is 13.8 Å². The van der Waals surface area contributed by atoms with Crippen molar-refractivity contribution in [1.82, 2.24) is 9.55 Å². The first-order chi connectivity index (χ1) is 11.0. The van der Waals surface area contributed by atoms with E-state index < -0.39 is 11.5 Å². The largest absolute Gasteiger partial charge is 0.320 e. The van der Waals surface area contributed by atoms with E-state index in [1.807, 2.05) is 44.2 Å². The second kappa shape index (κ2) is 5.68. The summed E-state index contributed by atoms with van der Waals surface area (Å²) < 4.78 is 1.44. The first-order valence-electron chi connectivity index (χ1n) is 7.31. The van der Waals surface area contributed by atoms with Crippen LogP contribution in [0.3, 0.4) is 0 Å². The third kappa shape index (κ3) is 2.85. The molecule has 0 atom stereocenters. The Balaban J connectivity index is 2.04. The van der Waals surface area contributed by atoms with E-state index in [-0.39, 0.29) is 5.69 Å². The van der Waals surface area contributed by atoms with Crippen LogP contribution in [0.25, 0.3) is 11.0 Å². The molecule has 1 amide bonds. The molecule has 0 saturated carbocycles. The van der Waals surface area contributed by atoms with Crippen molar-refractivity contribution < 1.29 is 4.79 Å². The number of carbonyl (C=O) groups is 1. The average Bonchev–Trinajstić information content (AvgIpc) is 2.49. The highest BCUT2D eigenvalue weighted by Crippen LogP contribution is 2.15. The minimum atomic E-state index is -0.499. The number of nitrogens with zero attached hydrogens (tertiary/aromatic N) is 2. The van der Waals surface area contributed by atoms with Gasteiger partial charge in [-0.1, -0.05) is 18.2 Å². The smallest absolute Gasteiger partial charge is 0.282 e. The van der Waals surface area contributed by atoms with E-state index in [1.54, 1.807) is 19.2 Å². The summed E-state index contributed by atoms with van der Waals surface area (Å²) in [4.78, 5) is 29.1. The molecular formula is C18H17N3O2. The fraction of sp³-hybridized carbons (Fsp3) is 0.167. The molecule has 0 unspecified atom stereocenters. The van der Waals surface area contributed by atoms with Crippen LogP contribution in [0.2, 0.25) is 0 Å². The summed E-state index contributed by atoms with van der Waals surface area (Å²) in [5.41, 5.74) is 3.53.